The van der Waals surface area contributed by atoms with Crippen LogP contribution < -0.4 is 10.2 Å². The lowest BCUT2D eigenvalue weighted by Crippen LogP contribution is -2.30. The van der Waals surface area contributed by atoms with Gasteiger partial charge in [-0.1, -0.05) is 41.5 Å². The van der Waals surface area contributed by atoms with Crippen LogP contribution in [0.3, 0.4) is 0 Å². The van der Waals surface area contributed by atoms with Gasteiger partial charge in [-0.25, -0.2) is 4.39 Å². The van der Waals surface area contributed by atoms with E-state index >= 15 is 0 Å². The maximum Gasteiger partial charge on any atom is 0.318 e. The van der Waals surface area contributed by atoms with E-state index in [0.717, 1.165) is 31.5 Å². The van der Waals surface area contributed by atoms with Gasteiger partial charge in [-0.05, 0) is 43.0 Å². The average molecular weight is 394 g/mol. The molecule has 7 heteroatoms. The van der Waals surface area contributed by atoms with Crippen LogP contribution in [0.2, 0.25) is 0 Å². The first kappa shape index (κ1) is 19.1. The Hall–Kier alpha value is -3.22. The van der Waals surface area contributed by atoms with Crippen molar-refractivity contribution in [3.8, 4) is 0 Å². The number of anilines is 1. The highest BCUT2D eigenvalue weighted by Crippen LogP contribution is 2.24. The van der Waals surface area contributed by atoms with Gasteiger partial charge in [0.25, 0.3) is 5.91 Å². The Morgan fingerprint density at radius 3 is 2.62 bits per heavy atom. The number of aromatic nitrogens is 2. The number of piperidine rings is 1. The van der Waals surface area contributed by atoms with Crippen molar-refractivity contribution in [2.24, 2.45) is 0 Å². The topological polar surface area (TPSA) is 71.3 Å². The monoisotopic (exact) mass is 394 g/mol. The maximum atomic E-state index is 13.5. The molecule has 1 aliphatic rings. The van der Waals surface area contributed by atoms with Crippen molar-refractivity contribution in [3.05, 3.63) is 77.4 Å². The third-order valence-corrected chi connectivity index (χ3v) is 5.03. The molecule has 4 rings (SSSR count). The second-order valence-electron chi connectivity index (χ2n) is 7.20. The summed E-state index contributed by atoms with van der Waals surface area (Å²) in [6, 6.07) is 15.3. The molecule has 1 atom stereocenters. The molecule has 1 N–H and O–H groups in total. The minimum Gasteiger partial charge on any atom is -0.406 e. The number of halogens is 1. The van der Waals surface area contributed by atoms with Gasteiger partial charge in [0.2, 0.25) is 5.89 Å². The molecule has 1 saturated heterocycles. The van der Waals surface area contributed by atoms with E-state index in [4.69, 9.17) is 4.42 Å². The normalized spacial score (nSPS) is 15.1. The van der Waals surface area contributed by atoms with Crippen LogP contribution in [0.1, 0.15) is 47.1 Å². The first-order chi connectivity index (χ1) is 14.2. The lowest BCUT2D eigenvalue weighted by atomic mass is 10.1. The molecule has 0 bridgehead atoms. The van der Waals surface area contributed by atoms with Gasteiger partial charge in [0.15, 0.2) is 0 Å². The number of rotatable bonds is 6. The predicted octanol–water partition coefficient (Wildman–Crippen LogP) is 3.91. The minimum atomic E-state index is -0.515. The predicted molar refractivity (Wildman–Crippen MR) is 107 cm³/mol. The number of nitrogens with one attached hydrogen (secondary N) is 1. The van der Waals surface area contributed by atoms with Crippen LogP contribution in [-0.4, -0.2) is 29.2 Å². The molecule has 0 spiro atoms. The van der Waals surface area contributed by atoms with Gasteiger partial charge < -0.3 is 14.6 Å². The Labute approximate surface area is 168 Å². The van der Waals surface area contributed by atoms with Crippen LogP contribution in [0.25, 0.3) is 0 Å². The highest BCUT2D eigenvalue weighted by atomic mass is 19.1. The molecule has 150 valence electrons. The van der Waals surface area contributed by atoms with E-state index in [1.54, 1.807) is 6.07 Å². The van der Waals surface area contributed by atoms with Gasteiger partial charge in [-0.3, -0.25) is 4.79 Å². The molecule has 0 radical (unpaired) electrons. The molecule has 2 aromatic carbocycles. The van der Waals surface area contributed by atoms with Crippen molar-refractivity contribution < 1.29 is 13.6 Å². The lowest BCUT2D eigenvalue weighted by molar-refractivity contribution is 0.0929. The molecular formula is C22H23FN4O2. The highest BCUT2D eigenvalue weighted by Gasteiger charge is 2.24. The van der Waals surface area contributed by atoms with Gasteiger partial charge in [-0.15, -0.1) is 5.10 Å². The number of carbonyl (C=O) groups is 1. The fourth-order valence-corrected chi connectivity index (χ4v) is 3.50. The van der Waals surface area contributed by atoms with Crippen molar-refractivity contribution in [1.29, 1.82) is 0 Å². The fraction of sp³-hybridized carbons (Fsp3) is 0.318. The number of nitrogens with zero attached hydrogens (tertiary/aromatic N) is 3. The summed E-state index contributed by atoms with van der Waals surface area (Å²) in [7, 11) is 0. The first-order valence-corrected chi connectivity index (χ1v) is 9.88. The van der Waals surface area contributed by atoms with Gasteiger partial charge in [0.1, 0.15) is 11.9 Å². The third-order valence-electron chi connectivity index (χ3n) is 5.03. The van der Waals surface area contributed by atoms with Crippen LogP contribution in [0, 0.1) is 5.82 Å². The highest BCUT2D eigenvalue weighted by molar-refractivity contribution is 5.94. The van der Waals surface area contributed by atoms with Crippen molar-refractivity contribution in [2.45, 2.75) is 31.7 Å². The smallest absolute Gasteiger partial charge is 0.318 e. The summed E-state index contributed by atoms with van der Waals surface area (Å²) in [5.74, 6) is -0.496. The van der Waals surface area contributed by atoms with E-state index in [9.17, 15) is 9.18 Å². The van der Waals surface area contributed by atoms with E-state index < -0.39 is 11.9 Å². The molecule has 1 aromatic heterocycles. The number of carbonyl (C=O) groups excluding carboxylic acids is 1. The molecule has 0 unspecified atom stereocenters. The zero-order valence-electron chi connectivity index (χ0n) is 16.1. The Kier molecular flexibility index (Phi) is 5.84. The van der Waals surface area contributed by atoms with E-state index in [1.165, 1.54) is 24.6 Å². The maximum absolute atomic E-state index is 13.5. The minimum absolute atomic E-state index is 0.249. The molecule has 1 fully saturated rings. The van der Waals surface area contributed by atoms with Crippen LogP contribution >= 0.6 is 0 Å². The molecular weight excluding hydrogens is 371 g/mol. The van der Waals surface area contributed by atoms with E-state index in [2.05, 4.69) is 20.4 Å². The first-order valence-electron chi connectivity index (χ1n) is 9.88. The van der Waals surface area contributed by atoms with Gasteiger partial charge in [-0.2, -0.15) is 0 Å². The van der Waals surface area contributed by atoms with Gasteiger partial charge >= 0.3 is 6.01 Å². The average Bonchev–Trinajstić information content (AvgIpc) is 3.25. The Morgan fingerprint density at radius 2 is 1.86 bits per heavy atom. The largest absolute Gasteiger partial charge is 0.406 e. The Morgan fingerprint density at radius 1 is 1.07 bits per heavy atom. The van der Waals surface area contributed by atoms with Crippen molar-refractivity contribution in [3.63, 3.8) is 0 Å². The summed E-state index contributed by atoms with van der Waals surface area (Å²) in [5.41, 5.74) is 1.27. The summed E-state index contributed by atoms with van der Waals surface area (Å²) in [5, 5.41) is 11.3. The molecule has 29 heavy (non-hydrogen) atoms. The summed E-state index contributed by atoms with van der Waals surface area (Å²) >= 11 is 0. The SMILES string of the molecule is O=C(N[C@@H](Cc1ccccc1)c1nnc(N2CCCCC2)o1)c1cccc(F)c1. The second-order valence-corrected chi connectivity index (χ2v) is 7.20. The summed E-state index contributed by atoms with van der Waals surface area (Å²) in [6.07, 6.45) is 3.89. The van der Waals surface area contributed by atoms with Crippen LogP contribution in [0.5, 0.6) is 0 Å². The molecule has 0 aliphatic carbocycles. The van der Waals surface area contributed by atoms with E-state index in [1.807, 2.05) is 30.3 Å². The molecule has 0 saturated carbocycles. The zero-order valence-corrected chi connectivity index (χ0v) is 16.1. The standard InChI is InChI=1S/C22H23FN4O2/c23-18-11-7-10-17(15-18)20(28)24-19(14-16-8-3-1-4-9-16)21-25-26-22(29-21)27-12-5-2-6-13-27/h1,3-4,7-11,15,19H,2,5-6,12-14H2,(H,24,28)/t19-/m0/s1. The van der Waals surface area contributed by atoms with Gasteiger partial charge in [0.05, 0.1) is 0 Å². The summed E-state index contributed by atoms with van der Waals surface area (Å²) in [6.45, 7) is 1.78. The molecule has 2 heterocycles. The quantitative estimate of drug-likeness (QED) is 0.686. The Balaban J connectivity index is 1.56. The number of hydrogen-bond acceptors (Lipinski definition) is 5. The van der Waals surface area contributed by atoms with Crippen LogP contribution in [0.4, 0.5) is 10.4 Å². The van der Waals surface area contributed by atoms with Crippen LogP contribution in [-0.2, 0) is 6.42 Å². The fourth-order valence-electron chi connectivity index (χ4n) is 3.50. The van der Waals surface area contributed by atoms with Crippen molar-refractivity contribution in [2.75, 3.05) is 18.0 Å². The summed E-state index contributed by atoms with van der Waals surface area (Å²) < 4.78 is 19.5. The Bertz CT molecular complexity index is 954. The number of benzene rings is 2. The van der Waals surface area contributed by atoms with Gasteiger partial charge in [0, 0.05) is 25.1 Å². The summed E-state index contributed by atoms with van der Waals surface area (Å²) in [4.78, 5) is 14.8. The van der Waals surface area contributed by atoms with Crippen molar-refractivity contribution >= 4 is 11.9 Å². The lowest BCUT2D eigenvalue weighted by Gasteiger charge is -2.24. The zero-order chi connectivity index (χ0) is 20.1. The number of amides is 1. The second kappa shape index (κ2) is 8.86. The number of hydrogen-bond donors (Lipinski definition) is 1. The molecule has 3 aromatic rings. The molecule has 6 nitrogen and oxygen atoms in total. The van der Waals surface area contributed by atoms with Crippen LogP contribution in [0.15, 0.2) is 59.0 Å². The van der Waals surface area contributed by atoms with Crippen molar-refractivity contribution in [1.82, 2.24) is 15.5 Å². The molecule has 1 aliphatic heterocycles. The van der Waals surface area contributed by atoms with E-state index in [0.29, 0.717) is 18.3 Å². The molecule has 1 amide bonds. The third kappa shape index (κ3) is 4.80. The van der Waals surface area contributed by atoms with E-state index in [-0.39, 0.29) is 11.5 Å².